The molecule has 0 saturated carbocycles. The number of rotatable bonds is 6. The number of anilines is 1. The minimum absolute atomic E-state index is 0.0778. The highest BCUT2D eigenvalue weighted by molar-refractivity contribution is 7.91. The topological polar surface area (TPSA) is 104 Å². The van der Waals surface area contributed by atoms with E-state index >= 15 is 0 Å². The minimum Gasteiger partial charge on any atom is -0.341 e. The number of nitrogens with zero attached hydrogens (tertiary/aromatic N) is 2. The van der Waals surface area contributed by atoms with E-state index in [9.17, 15) is 49.1 Å². The van der Waals surface area contributed by atoms with Crippen LogP contribution in [0.1, 0.15) is 21.5 Å². The molecule has 0 aromatic heterocycles. The Morgan fingerprint density at radius 3 is 2.03 bits per heavy atom. The van der Waals surface area contributed by atoms with Crippen molar-refractivity contribution in [2.45, 2.75) is 18.9 Å². The Kier molecular flexibility index (Phi) is 8.39. The number of sulfone groups is 1. The molecule has 0 aliphatic carbocycles. The summed E-state index contributed by atoms with van der Waals surface area (Å²) >= 11 is 0. The Bertz CT molecular complexity index is 1300. The van der Waals surface area contributed by atoms with Gasteiger partial charge in [-0.05, 0) is 17.7 Å². The molecule has 0 unspecified atom stereocenters. The third-order valence-electron chi connectivity index (χ3n) is 5.63. The van der Waals surface area contributed by atoms with Gasteiger partial charge in [0.25, 0.3) is 0 Å². The number of benzene rings is 2. The SMILES string of the molecule is O=C(CNC(=O)C(F)(F)F)c1ccc(CN(C(=O)N2CCS(=O)(=O)CC2)c2ccccc2C(F)(F)F)cc1. The summed E-state index contributed by atoms with van der Waals surface area (Å²) in [6.45, 7) is -1.74. The molecule has 0 atom stereocenters. The number of para-hydroxylation sites is 1. The molecule has 206 valence electrons. The molecule has 3 amide bonds. The van der Waals surface area contributed by atoms with Crippen molar-refractivity contribution in [3.05, 3.63) is 65.2 Å². The molecule has 1 fully saturated rings. The lowest BCUT2D eigenvalue weighted by Gasteiger charge is -2.34. The molecule has 2 aromatic carbocycles. The van der Waals surface area contributed by atoms with E-state index in [1.54, 1.807) is 0 Å². The number of amides is 3. The molecule has 1 saturated heterocycles. The van der Waals surface area contributed by atoms with Gasteiger partial charge in [-0.2, -0.15) is 26.3 Å². The van der Waals surface area contributed by atoms with Crippen LogP contribution in [0.2, 0.25) is 0 Å². The maximum Gasteiger partial charge on any atom is 0.471 e. The average Bonchev–Trinajstić information content (AvgIpc) is 2.84. The van der Waals surface area contributed by atoms with Crippen molar-refractivity contribution in [2.75, 3.05) is 36.0 Å². The van der Waals surface area contributed by atoms with E-state index in [1.807, 2.05) is 0 Å². The summed E-state index contributed by atoms with van der Waals surface area (Å²) in [4.78, 5) is 38.3. The summed E-state index contributed by atoms with van der Waals surface area (Å²) < 4.78 is 102. The molecule has 0 bridgehead atoms. The number of carbonyl (C=O) groups is 3. The van der Waals surface area contributed by atoms with Crippen LogP contribution < -0.4 is 10.2 Å². The maximum atomic E-state index is 13.7. The minimum atomic E-state index is -5.16. The Hall–Kier alpha value is -3.62. The number of nitrogens with one attached hydrogen (secondary N) is 1. The van der Waals surface area contributed by atoms with Gasteiger partial charge in [-0.1, -0.05) is 36.4 Å². The second kappa shape index (κ2) is 11.0. The molecule has 3 rings (SSSR count). The second-order valence-corrected chi connectivity index (χ2v) is 10.6. The predicted molar refractivity (Wildman–Crippen MR) is 123 cm³/mol. The third kappa shape index (κ3) is 7.24. The van der Waals surface area contributed by atoms with Gasteiger partial charge in [-0.25, -0.2) is 13.2 Å². The van der Waals surface area contributed by atoms with Crippen molar-refractivity contribution in [1.82, 2.24) is 10.2 Å². The van der Waals surface area contributed by atoms with Crippen LogP contribution in [0.5, 0.6) is 0 Å². The molecule has 15 heteroatoms. The average molecular weight is 565 g/mol. The summed E-state index contributed by atoms with van der Waals surface area (Å²) in [5.74, 6) is -3.81. The van der Waals surface area contributed by atoms with Crippen LogP contribution in [0.25, 0.3) is 0 Å². The second-order valence-electron chi connectivity index (χ2n) is 8.32. The molecule has 0 radical (unpaired) electrons. The molecular formula is C23H21F6N3O5S. The van der Waals surface area contributed by atoms with Crippen LogP contribution in [-0.2, 0) is 27.4 Å². The quantitative estimate of drug-likeness (QED) is 0.427. The first-order valence-electron chi connectivity index (χ1n) is 11.0. The van der Waals surface area contributed by atoms with Crippen molar-refractivity contribution in [3.8, 4) is 0 Å². The van der Waals surface area contributed by atoms with Gasteiger partial charge >= 0.3 is 24.3 Å². The summed E-state index contributed by atoms with van der Waals surface area (Å²) in [5, 5.41) is 1.45. The van der Waals surface area contributed by atoms with Gasteiger partial charge in [0.1, 0.15) is 0 Å². The Labute approximate surface area is 213 Å². The fourth-order valence-electron chi connectivity index (χ4n) is 3.62. The first-order chi connectivity index (χ1) is 17.6. The van der Waals surface area contributed by atoms with Gasteiger partial charge in [0.05, 0.1) is 35.8 Å². The zero-order chi connectivity index (χ0) is 28.3. The highest BCUT2D eigenvalue weighted by Gasteiger charge is 2.39. The molecule has 1 aliphatic rings. The lowest BCUT2D eigenvalue weighted by molar-refractivity contribution is -0.173. The van der Waals surface area contributed by atoms with Gasteiger partial charge in [-0.15, -0.1) is 0 Å². The molecule has 0 spiro atoms. The van der Waals surface area contributed by atoms with E-state index in [-0.39, 0.29) is 35.7 Å². The summed E-state index contributed by atoms with van der Waals surface area (Å²) in [6, 6.07) is 8.50. The summed E-state index contributed by atoms with van der Waals surface area (Å²) in [5.41, 5.74) is -1.36. The fraction of sp³-hybridized carbons (Fsp3) is 0.348. The van der Waals surface area contributed by atoms with Crippen molar-refractivity contribution >= 4 is 33.2 Å². The summed E-state index contributed by atoms with van der Waals surface area (Å²) in [6.07, 6.45) is -9.97. The number of ketones is 1. The van der Waals surface area contributed by atoms with Crippen LogP contribution in [0.4, 0.5) is 36.8 Å². The van der Waals surface area contributed by atoms with E-state index in [1.165, 1.54) is 35.6 Å². The van der Waals surface area contributed by atoms with Crippen LogP contribution in [0.3, 0.4) is 0 Å². The van der Waals surface area contributed by atoms with Crippen molar-refractivity contribution in [2.24, 2.45) is 0 Å². The molecule has 8 nitrogen and oxygen atoms in total. The smallest absolute Gasteiger partial charge is 0.341 e. The predicted octanol–water partition coefficient (Wildman–Crippen LogP) is 3.42. The Morgan fingerprint density at radius 2 is 1.47 bits per heavy atom. The van der Waals surface area contributed by atoms with E-state index in [0.717, 1.165) is 28.0 Å². The zero-order valence-electron chi connectivity index (χ0n) is 19.5. The summed E-state index contributed by atoms with van der Waals surface area (Å²) in [7, 11) is -3.37. The zero-order valence-corrected chi connectivity index (χ0v) is 20.3. The van der Waals surface area contributed by atoms with Crippen LogP contribution in [-0.4, -0.2) is 68.4 Å². The Balaban J connectivity index is 1.85. The first kappa shape index (κ1) is 28.9. The van der Waals surface area contributed by atoms with Crippen LogP contribution >= 0.6 is 0 Å². The van der Waals surface area contributed by atoms with Gasteiger partial charge < -0.3 is 10.2 Å². The molecular weight excluding hydrogens is 544 g/mol. The fourth-order valence-corrected chi connectivity index (χ4v) is 4.82. The van der Waals surface area contributed by atoms with E-state index < -0.39 is 64.3 Å². The van der Waals surface area contributed by atoms with E-state index in [0.29, 0.717) is 0 Å². The molecule has 1 aliphatic heterocycles. The van der Waals surface area contributed by atoms with Gasteiger partial charge in [0, 0.05) is 18.7 Å². The normalized spacial score (nSPS) is 15.6. The lowest BCUT2D eigenvalue weighted by Crippen LogP contribution is -2.50. The van der Waals surface area contributed by atoms with Gasteiger partial charge in [-0.3, -0.25) is 14.5 Å². The number of hydrogen-bond acceptors (Lipinski definition) is 5. The highest BCUT2D eigenvalue weighted by Crippen LogP contribution is 2.37. The van der Waals surface area contributed by atoms with E-state index in [4.69, 9.17) is 0 Å². The number of Topliss-reactive ketones (excluding diaryl/α,β-unsaturated/α-hetero) is 1. The van der Waals surface area contributed by atoms with Crippen molar-refractivity contribution in [3.63, 3.8) is 0 Å². The molecule has 1 heterocycles. The largest absolute Gasteiger partial charge is 0.471 e. The van der Waals surface area contributed by atoms with Crippen LogP contribution in [0.15, 0.2) is 48.5 Å². The van der Waals surface area contributed by atoms with Crippen LogP contribution in [0, 0.1) is 0 Å². The number of alkyl halides is 6. The maximum absolute atomic E-state index is 13.7. The number of urea groups is 1. The van der Waals surface area contributed by atoms with Crippen molar-refractivity contribution < 1.29 is 49.1 Å². The highest BCUT2D eigenvalue weighted by atomic mass is 32.2. The third-order valence-corrected chi connectivity index (χ3v) is 7.24. The van der Waals surface area contributed by atoms with Gasteiger partial charge in [0.15, 0.2) is 15.6 Å². The molecule has 2 aromatic rings. The van der Waals surface area contributed by atoms with Crippen molar-refractivity contribution in [1.29, 1.82) is 0 Å². The number of hydrogen-bond donors (Lipinski definition) is 1. The molecule has 38 heavy (non-hydrogen) atoms. The van der Waals surface area contributed by atoms with E-state index in [2.05, 4.69) is 0 Å². The monoisotopic (exact) mass is 565 g/mol. The first-order valence-corrected chi connectivity index (χ1v) is 12.8. The molecule has 1 N–H and O–H groups in total. The van der Waals surface area contributed by atoms with Gasteiger partial charge in [0.2, 0.25) is 0 Å². The lowest BCUT2D eigenvalue weighted by atomic mass is 10.1. The Morgan fingerprint density at radius 1 is 0.895 bits per heavy atom. The number of carbonyl (C=O) groups excluding carboxylic acids is 3. The number of halogens is 6. The standard InChI is InChI=1S/C23H21F6N3O5S/c24-22(25,26)17-3-1-2-4-18(17)32(21(35)31-9-11-38(36,37)12-10-31)14-15-5-7-16(8-6-15)19(33)13-30-20(34)23(27,28)29/h1-8H,9-14H2,(H,30,34).